The molecular formula is C16H10Cl2N2O3. The van der Waals surface area contributed by atoms with Crippen molar-refractivity contribution < 1.29 is 15.0 Å². The number of phenolic OH excluding ortho intramolecular Hbond substituents is 2. The molecule has 3 N–H and O–H groups in total. The third-order valence-electron chi connectivity index (χ3n) is 2.82. The summed E-state index contributed by atoms with van der Waals surface area (Å²) in [6, 6.07) is 10.8. The van der Waals surface area contributed by atoms with E-state index < -0.39 is 17.4 Å². The quantitative estimate of drug-likeness (QED) is 0.444. The zero-order valence-corrected chi connectivity index (χ0v) is 13.1. The maximum atomic E-state index is 12.1. The lowest BCUT2D eigenvalue weighted by atomic mass is 10.1. The SMILES string of the molecule is N#C/C(=C\c1cc(O)c(O)c(Cl)c1)C(=O)Nc1cccc(Cl)c1. The molecule has 0 unspecified atom stereocenters. The summed E-state index contributed by atoms with van der Waals surface area (Å²) >= 11 is 11.6. The van der Waals surface area contributed by atoms with Crippen LogP contribution in [0.1, 0.15) is 5.56 Å². The first-order valence-corrected chi connectivity index (χ1v) is 7.06. The maximum absolute atomic E-state index is 12.1. The minimum Gasteiger partial charge on any atom is -0.504 e. The molecule has 0 aromatic heterocycles. The molecule has 0 saturated carbocycles. The van der Waals surface area contributed by atoms with Gasteiger partial charge in [0.05, 0.1) is 5.02 Å². The largest absolute Gasteiger partial charge is 0.504 e. The summed E-state index contributed by atoms with van der Waals surface area (Å²) in [5.41, 5.74) is 0.532. The fourth-order valence-electron chi connectivity index (χ4n) is 1.77. The molecule has 0 radical (unpaired) electrons. The number of carbonyl (C=O) groups excluding carboxylic acids is 1. The molecule has 2 aromatic carbocycles. The van der Waals surface area contributed by atoms with Crippen LogP contribution in [0.25, 0.3) is 6.08 Å². The van der Waals surface area contributed by atoms with E-state index in [0.29, 0.717) is 16.3 Å². The molecule has 0 aliphatic heterocycles. The van der Waals surface area contributed by atoms with Crippen LogP contribution in [-0.2, 0) is 4.79 Å². The first-order chi connectivity index (χ1) is 10.9. The Hall–Kier alpha value is -2.68. The number of hydrogen-bond donors (Lipinski definition) is 3. The number of rotatable bonds is 3. The van der Waals surface area contributed by atoms with Gasteiger partial charge in [0.1, 0.15) is 11.6 Å². The number of phenols is 2. The zero-order chi connectivity index (χ0) is 17.0. The van der Waals surface area contributed by atoms with Crippen molar-refractivity contribution in [1.82, 2.24) is 0 Å². The summed E-state index contributed by atoms with van der Waals surface area (Å²) in [6.07, 6.45) is 1.24. The second-order valence-corrected chi connectivity index (χ2v) is 5.35. The molecule has 0 saturated heterocycles. The van der Waals surface area contributed by atoms with Gasteiger partial charge >= 0.3 is 0 Å². The predicted octanol–water partition coefficient (Wildman–Crippen LogP) is 3.95. The van der Waals surface area contributed by atoms with Crippen molar-refractivity contribution in [2.45, 2.75) is 0 Å². The highest BCUT2D eigenvalue weighted by atomic mass is 35.5. The van der Waals surface area contributed by atoms with E-state index in [1.807, 2.05) is 0 Å². The highest BCUT2D eigenvalue weighted by molar-refractivity contribution is 6.32. The Morgan fingerprint density at radius 3 is 2.57 bits per heavy atom. The third kappa shape index (κ3) is 4.16. The van der Waals surface area contributed by atoms with Gasteiger partial charge in [-0.1, -0.05) is 29.3 Å². The molecule has 23 heavy (non-hydrogen) atoms. The van der Waals surface area contributed by atoms with Crippen LogP contribution in [0.4, 0.5) is 5.69 Å². The van der Waals surface area contributed by atoms with Crippen molar-refractivity contribution >= 4 is 40.9 Å². The van der Waals surface area contributed by atoms with Crippen molar-refractivity contribution in [3.05, 3.63) is 57.6 Å². The second-order valence-electron chi connectivity index (χ2n) is 4.50. The molecule has 0 aliphatic carbocycles. The van der Waals surface area contributed by atoms with E-state index in [1.54, 1.807) is 24.3 Å². The molecule has 0 spiro atoms. The van der Waals surface area contributed by atoms with Crippen LogP contribution in [0, 0.1) is 11.3 Å². The maximum Gasteiger partial charge on any atom is 0.266 e. The van der Waals surface area contributed by atoms with Gasteiger partial charge < -0.3 is 15.5 Å². The van der Waals surface area contributed by atoms with E-state index >= 15 is 0 Å². The van der Waals surface area contributed by atoms with Gasteiger partial charge in [-0.05, 0) is 42.0 Å². The molecule has 116 valence electrons. The average molecular weight is 349 g/mol. The molecule has 0 bridgehead atoms. The summed E-state index contributed by atoms with van der Waals surface area (Å²) in [5.74, 6) is -1.56. The smallest absolute Gasteiger partial charge is 0.266 e. The summed E-state index contributed by atoms with van der Waals surface area (Å²) in [6.45, 7) is 0. The minimum atomic E-state index is -0.640. The van der Waals surface area contributed by atoms with Gasteiger partial charge in [0.25, 0.3) is 5.91 Å². The summed E-state index contributed by atoms with van der Waals surface area (Å²) < 4.78 is 0. The van der Waals surface area contributed by atoms with Crippen molar-refractivity contribution in [2.75, 3.05) is 5.32 Å². The number of halogens is 2. The van der Waals surface area contributed by atoms with Crippen molar-refractivity contribution in [1.29, 1.82) is 5.26 Å². The van der Waals surface area contributed by atoms with E-state index in [2.05, 4.69) is 5.32 Å². The first-order valence-electron chi connectivity index (χ1n) is 6.31. The van der Waals surface area contributed by atoms with Crippen molar-refractivity contribution in [2.24, 2.45) is 0 Å². The van der Waals surface area contributed by atoms with E-state index in [0.717, 1.165) is 0 Å². The topological polar surface area (TPSA) is 93.3 Å². The van der Waals surface area contributed by atoms with Crippen LogP contribution in [0.15, 0.2) is 42.0 Å². The van der Waals surface area contributed by atoms with Crippen LogP contribution in [-0.4, -0.2) is 16.1 Å². The number of hydrogen-bond acceptors (Lipinski definition) is 4. The van der Waals surface area contributed by atoms with Crippen LogP contribution in [0.5, 0.6) is 11.5 Å². The molecule has 0 fully saturated rings. The highest BCUT2D eigenvalue weighted by Gasteiger charge is 2.12. The van der Waals surface area contributed by atoms with Crippen LogP contribution in [0.3, 0.4) is 0 Å². The number of nitrogens with one attached hydrogen (secondary N) is 1. The monoisotopic (exact) mass is 348 g/mol. The van der Waals surface area contributed by atoms with E-state index in [9.17, 15) is 15.0 Å². The number of benzene rings is 2. The third-order valence-corrected chi connectivity index (χ3v) is 3.35. The minimum absolute atomic E-state index is 0.0937. The van der Waals surface area contributed by atoms with E-state index in [4.69, 9.17) is 28.5 Å². The van der Waals surface area contributed by atoms with Crippen molar-refractivity contribution in [3.63, 3.8) is 0 Å². The Balaban J connectivity index is 2.28. The lowest BCUT2D eigenvalue weighted by Gasteiger charge is -2.05. The van der Waals surface area contributed by atoms with Crippen molar-refractivity contribution in [3.8, 4) is 17.6 Å². The second kappa shape index (κ2) is 7.05. The molecule has 0 heterocycles. The summed E-state index contributed by atoms with van der Waals surface area (Å²) in [4.78, 5) is 12.1. The standard InChI is InChI=1S/C16H10Cl2N2O3/c17-11-2-1-3-12(7-11)20-16(23)10(8-19)4-9-5-13(18)15(22)14(21)6-9/h1-7,21-22H,(H,20,23)/b10-4+. The van der Waals surface area contributed by atoms with E-state index in [-0.39, 0.29) is 10.6 Å². The average Bonchev–Trinajstić information content (AvgIpc) is 2.50. The van der Waals surface area contributed by atoms with Gasteiger partial charge in [0, 0.05) is 10.7 Å². The predicted molar refractivity (Wildman–Crippen MR) is 88.5 cm³/mol. The first kappa shape index (κ1) is 16.7. The molecule has 2 rings (SSSR count). The summed E-state index contributed by atoms with van der Waals surface area (Å²) in [5, 5.41) is 30.9. The molecule has 7 heteroatoms. The fourth-order valence-corrected chi connectivity index (χ4v) is 2.18. The number of nitriles is 1. The Kier molecular flexibility index (Phi) is 5.12. The van der Waals surface area contributed by atoms with Crippen LogP contribution in [0.2, 0.25) is 10.0 Å². The lowest BCUT2D eigenvalue weighted by molar-refractivity contribution is -0.112. The van der Waals surface area contributed by atoms with Gasteiger partial charge in [-0.3, -0.25) is 4.79 Å². The van der Waals surface area contributed by atoms with E-state index in [1.165, 1.54) is 24.3 Å². The Labute approximate surface area is 142 Å². The van der Waals surface area contributed by atoms with Gasteiger partial charge in [-0.2, -0.15) is 5.26 Å². The van der Waals surface area contributed by atoms with Gasteiger partial charge in [-0.15, -0.1) is 0 Å². The van der Waals surface area contributed by atoms with Crippen LogP contribution >= 0.6 is 23.2 Å². The number of carbonyl (C=O) groups is 1. The number of nitrogens with zero attached hydrogens (tertiary/aromatic N) is 1. The van der Waals surface area contributed by atoms with Gasteiger partial charge in [-0.25, -0.2) is 0 Å². The lowest BCUT2D eigenvalue weighted by Crippen LogP contribution is -2.13. The molecule has 0 aliphatic rings. The Morgan fingerprint density at radius 1 is 1.22 bits per heavy atom. The molecule has 1 amide bonds. The number of amides is 1. The molecular weight excluding hydrogens is 339 g/mol. The number of anilines is 1. The Bertz CT molecular complexity index is 818. The van der Waals surface area contributed by atoms with Gasteiger partial charge in [0.15, 0.2) is 11.5 Å². The fraction of sp³-hybridized carbons (Fsp3) is 0. The normalized spacial score (nSPS) is 10.9. The Morgan fingerprint density at radius 2 is 1.96 bits per heavy atom. The zero-order valence-electron chi connectivity index (χ0n) is 11.5. The molecule has 0 atom stereocenters. The number of aromatic hydroxyl groups is 2. The van der Waals surface area contributed by atoms with Gasteiger partial charge in [0.2, 0.25) is 0 Å². The molecule has 5 nitrogen and oxygen atoms in total. The summed E-state index contributed by atoms with van der Waals surface area (Å²) in [7, 11) is 0. The van der Waals surface area contributed by atoms with Crippen LogP contribution < -0.4 is 5.32 Å². The molecule has 2 aromatic rings. The highest BCUT2D eigenvalue weighted by Crippen LogP contribution is 2.34.